The van der Waals surface area contributed by atoms with Crippen LogP contribution in [0.1, 0.15) is 18.2 Å². The van der Waals surface area contributed by atoms with Crippen molar-refractivity contribution in [3.05, 3.63) is 50.8 Å². The molecular formula is C12H12ClN3O2. The first-order valence-electron chi connectivity index (χ1n) is 5.53. The Balaban J connectivity index is 2.46. The third kappa shape index (κ3) is 2.09. The van der Waals surface area contributed by atoms with Crippen LogP contribution in [0.2, 0.25) is 5.15 Å². The Hall–Kier alpha value is -1.88. The van der Waals surface area contributed by atoms with Crippen molar-refractivity contribution in [2.45, 2.75) is 20.3 Å². The number of hydrogen-bond donors (Lipinski definition) is 0. The van der Waals surface area contributed by atoms with E-state index in [9.17, 15) is 10.1 Å². The van der Waals surface area contributed by atoms with Gasteiger partial charge in [-0.3, -0.25) is 10.1 Å². The third-order valence-electron chi connectivity index (χ3n) is 2.78. The predicted octanol–water partition coefficient (Wildman–Crippen LogP) is 3.30. The van der Waals surface area contributed by atoms with E-state index in [-0.39, 0.29) is 5.69 Å². The van der Waals surface area contributed by atoms with Crippen molar-refractivity contribution in [2.24, 2.45) is 0 Å². The molecule has 0 spiro atoms. The van der Waals surface area contributed by atoms with Gasteiger partial charge < -0.3 is 0 Å². The van der Waals surface area contributed by atoms with Gasteiger partial charge in [-0.05, 0) is 25.5 Å². The molecule has 2 aromatic rings. The predicted molar refractivity (Wildman–Crippen MR) is 69.3 cm³/mol. The van der Waals surface area contributed by atoms with Gasteiger partial charge in [0.15, 0.2) is 0 Å². The zero-order valence-electron chi connectivity index (χ0n) is 10.1. The molecule has 1 heterocycles. The summed E-state index contributed by atoms with van der Waals surface area (Å²) in [7, 11) is 0. The molecule has 0 amide bonds. The first-order chi connectivity index (χ1) is 8.54. The van der Waals surface area contributed by atoms with Gasteiger partial charge in [-0.2, -0.15) is 5.10 Å². The topological polar surface area (TPSA) is 61.0 Å². The number of rotatable bonds is 3. The SMILES string of the molecule is CCc1c(C)nn(-c2ccc([N+](=O)[O-])cc2)c1Cl. The average Bonchev–Trinajstić information content (AvgIpc) is 2.64. The van der Waals surface area contributed by atoms with Crippen LogP contribution in [0, 0.1) is 17.0 Å². The Kier molecular flexibility index (Phi) is 3.34. The Bertz CT molecular complexity index is 590. The highest BCUT2D eigenvalue weighted by atomic mass is 35.5. The number of aryl methyl sites for hydroxylation is 1. The van der Waals surface area contributed by atoms with Gasteiger partial charge in [-0.25, -0.2) is 4.68 Å². The number of nitro benzene ring substituents is 1. The highest BCUT2D eigenvalue weighted by molar-refractivity contribution is 6.30. The Morgan fingerprint density at radius 3 is 2.44 bits per heavy atom. The second-order valence-corrected chi connectivity index (χ2v) is 4.25. The van der Waals surface area contributed by atoms with Crippen molar-refractivity contribution in [3.63, 3.8) is 0 Å². The molecule has 0 bridgehead atoms. The summed E-state index contributed by atoms with van der Waals surface area (Å²) in [5.41, 5.74) is 2.64. The molecule has 94 valence electrons. The molecule has 0 unspecified atom stereocenters. The lowest BCUT2D eigenvalue weighted by atomic mass is 10.2. The van der Waals surface area contributed by atoms with E-state index in [0.717, 1.165) is 17.7 Å². The lowest BCUT2D eigenvalue weighted by Crippen LogP contribution is -1.97. The summed E-state index contributed by atoms with van der Waals surface area (Å²) in [5, 5.41) is 15.5. The summed E-state index contributed by atoms with van der Waals surface area (Å²) < 4.78 is 1.60. The van der Waals surface area contributed by atoms with E-state index in [1.54, 1.807) is 16.8 Å². The first kappa shape index (κ1) is 12.6. The van der Waals surface area contributed by atoms with E-state index in [4.69, 9.17) is 11.6 Å². The zero-order chi connectivity index (χ0) is 13.3. The van der Waals surface area contributed by atoms with Crippen molar-refractivity contribution >= 4 is 17.3 Å². The molecular weight excluding hydrogens is 254 g/mol. The second-order valence-electron chi connectivity index (χ2n) is 3.89. The van der Waals surface area contributed by atoms with Gasteiger partial charge in [0, 0.05) is 17.7 Å². The zero-order valence-corrected chi connectivity index (χ0v) is 10.8. The minimum Gasteiger partial charge on any atom is -0.258 e. The molecule has 1 aromatic heterocycles. The summed E-state index contributed by atoms with van der Waals surface area (Å²) in [5.74, 6) is 0. The van der Waals surface area contributed by atoms with Crippen molar-refractivity contribution < 1.29 is 4.92 Å². The molecule has 0 aliphatic rings. The second kappa shape index (κ2) is 4.78. The molecule has 0 aliphatic carbocycles. The van der Waals surface area contributed by atoms with Crippen molar-refractivity contribution in [1.82, 2.24) is 9.78 Å². The normalized spacial score (nSPS) is 10.6. The fourth-order valence-corrected chi connectivity index (χ4v) is 2.23. The van der Waals surface area contributed by atoms with Gasteiger partial charge in [-0.1, -0.05) is 18.5 Å². The van der Waals surface area contributed by atoms with Crippen molar-refractivity contribution in [2.75, 3.05) is 0 Å². The lowest BCUT2D eigenvalue weighted by Gasteiger charge is -2.02. The molecule has 0 saturated heterocycles. The maximum atomic E-state index is 10.6. The summed E-state index contributed by atoms with van der Waals surface area (Å²) in [6, 6.07) is 6.15. The molecule has 6 heteroatoms. The van der Waals surface area contributed by atoms with Gasteiger partial charge in [0.25, 0.3) is 5.69 Å². The highest BCUT2D eigenvalue weighted by Crippen LogP contribution is 2.24. The van der Waals surface area contributed by atoms with Gasteiger partial charge >= 0.3 is 0 Å². The fraction of sp³-hybridized carbons (Fsp3) is 0.250. The van der Waals surface area contributed by atoms with Crippen LogP contribution in [-0.2, 0) is 6.42 Å². The average molecular weight is 266 g/mol. The van der Waals surface area contributed by atoms with Crippen LogP contribution >= 0.6 is 11.6 Å². The number of nitrogens with zero attached hydrogens (tertiary/aromatic N) is 3. The van der Waals surface area contributed by atoms with Gasteiger partial charge in [-0.15, -0.1) is 0 Å². The molecule has 0 saturated carbocycles. The van der Waals surface area contributed by atoms with E-state index >= 15 is 0 Å². The maximum Gasteiger partial charge on any atom is 0.269 e. The number of non-ortho nitro benzene ring substituents is 1. The van der Waals surface area contributed by atoms with Gasteiger partial charge in [0.2, 0.25) is 0 Å². The molecule has 0 aliphatic heterocycles. The molecule has 0 fully saturated rings. The number of nitro groups is 1. The Morgan fingerprint density at radius 1 is 1.39 bits per heavy atom. The van der Waals surface area contributed by atoms with Crippen molar-refractivity contribution in [3.8, 4) is 5.69 Å². The third-order valence-corrected chi connectivity index (χ3v) is 3.17. The molecule has 1 aromatic carbocycles. The molecule has 0 radical (unpaired) electrons. The van der Waals surface area contributed by atoms with E-state index in [0.29, 0.717) is 10.8 Å². The summed E-state index contributed by atoms with van der Waals surface area (Å²) >= 11 is 6.23. The molecule has 2 rings (SSSR count). The molecule has 0 atom stereocenters. The van der Waals surface area contributed by atoms with Crippen LogP contribution in [0.3, 0.4) is 0 Å². The van der Waals surface area contributed by atoms with Crippen LogP contribution < -0.4 is 0 Å². The monoisotopic (exact) mass is 265 g/mol. The Labute approximate surface area is 109 Å². The lowest BCUT2D eigenvalue weighted by molar-refractivity contribution is -0.384. The van der Waals surface area contributed by atoms with E-state index in [2.05, 4.69) is 5.10 Å². The first-order valence-corrected chi connectivity index (χ1v) is 5.91. The minimum atomic E-state index is -0.433. The molecule has 0 N–H and O–H groups in total. The van der Waals surface area contributed by atoms with E-state index in [1.165, 1.54) is 12.1 Å². The van der Waals surface area contributed by atoms with Crippen molar-refractivity contribution in [1.29, 1.82) is 0 Å². The number of halogens is 1. The van der Waals surface area contributed by atoms with Gasteiger partial charge in [0.05, 0.1) is 16.3 Å². The summed E-state index contributed by atoms with van der Waals surface area (Å²) in [4.78, 5) is 10.1. The van der Waals surface area contributed by atoms with Crippen LogP contribution in [0.5, 0.6) is 0 Å². The maximum absolute atomic E-state index is 10.6. The van der Waals surface area contributed by atoms with Crippen LogP contribution in [-0.4, -0.2) is 14.7 Å². The number of benzene rings is 1. The standard InChI is InChI=1S/C12H12ClN3O2/c1-3-11-8(2)14-15(12(11)13)9-4-6-10(7-5-9)16(17)18/h4-7H,3H2,1-2H3. The van der Waals surface area contributed by atoms with Crippen LogP contribution in [0.25, 0.3) is 5.69 Å². The van der Waals surface area contributed by atoms with Gasteiger partial charge in [0.1, 0.15) is 5.15 Å². The smallest absolute Gasteiger partial charge is 0.258 e. The van der Waals surface area contributed by atoms with Crippen LogP contribution in [0.15, 0.2) is 24.3 Å². The van der Waals surface area contributed by atoms with Crippen LogP contribution in [0.4, 0.5) is 5.69 Å². The Morgan fingerprint density at radius 2 is 2.00 bits per heavy atom. The highest BCUT2D eigenvalue weighted by Gasteiger charge is 2.13. The summed E-state index contributed by atoms with van der Waals surface area (Å²) in [6.45, 7) is 3.91. The quantitative estimate of drug-likeness (QED) is 0.632. The molecule has 18 heavy (non-hydrogen) atoms. The summed E-state index contributed by atoms with van der Waals surface area (Å²) in [6.07, 6.45) is 0.803. The fourth-order valence-electron chi connectivity index (χ4n) is 1.82. The largest absolute Gasteiger partial charge is 0.269 e. The number of aromatic nitrogens is 2. The minimum absolute atomic E-state index is 0.0504. The molecule has 5 nitrogen and oxygen atoms in total. The number of hydrogen-bond acceptors (Lipinski definition) is 3. The van der Waals surface area contributed by atoms with E-state index < -0.39 is 4.92 Å². The van der Waals surface area contributed by atoms with E-state index in [1.807, 2.05) is 13.8 Å².